The highest BCUT2D eigenvalue weighted by atomic mass is 16.5. The summed E-state index contributed by atoms with van der Waals surface area (Å²) in [5, 5.41) is 0. The minimum Gasteiger partial charge on any atom is -0.497 e. The third-order valence-corrected chi connectivity index (χ3v) is 2.93. The summed E-state index contributed by atoms with van der Waals surface area (Å²) in [4.78, 5) is 12.2. The molecule has 0 bridgehead atoms. The molecule has 2 aromatic rings. The molecule has 2 aromatic carbocycles. The molecule has 0 atom stereocenters. The molecular weight excluding hydrogens is 236 g/mol. The van der Waals surface area contributed by atoms with Crippen LogP contribution in [-0.2, 0) is 6.42 Å². The van der Waals surface area contributed by atoms with E-state index in [0.717, 1.165) is 11.3 Å². The Hall–Kier alpha value is -2.35. The Balaban J connectivity index is 2.08. The topological polar surface area (TPSA) is 26.3 Å². The van der Waals surface area contributed by atoms with Crippen LogP contribution < -0.4 is 4.74 Å². The van der Waals surface area contributed by atoms with Crippen molar-refractivity contribution in [1.82, 2.24) is 0 Å². The van der Waals surface area contributed by atoms with Crippen LogP contribution in [0.3, 0.4) is 0 Å². The van der Waals surface area contributed by atoms with E-state index < -0.39 is 0 Å². The fourth-order valence-corrected chi connectivity index (χ4v) is 1.87. The molecule has 0 aromatic heterocycles. The van der Waals surface area contributed by atoms with Crippen LogP contribution >= 0.6 is 0 Å². The summed E-state index contributed by atoms with van der Waals surface area (Å²) in [7, 11) is 1.60. The lowest BCUT2D eigenvalue weighted by Crippen LogP contribution is -2.05. The Morgan fingerprint density at radius 2 is 1.68 bits per heavy atom. The SMILES string of the molecule is C=C(Cc1ccccc1)C(=O)c1ccc(OC)cc1. The average molecular weight is 252 g/mol. The molecule has 0 amide bonds. The number of carbonyl (C=O) groups is 1. The second-order valence-corrected chi connectivity index (χ2v) is 4.32. The summed E-state index contributed by atoms with van der Waals surface area (Å²) in [5.41, 5.74) is 2.33. The van der Waals surface area contributed by atoms with Crippen molar-refractivity contribution < 1.29 is 9.53 Å². The number of hydrogen-bond donors (Lipinski definition) is 0. The van der Waals surface area contributed by atoms with Gasteiger partial charge in [0.2, 0.25) is 0 Å². The Morgan fingerprint density at radius 1 is 1.05 bits per heavy atom. The van der Waals surface area contributed by atoms with Crippen molar-refractivity contribution in [2.24, 2.45) is 0 Å². The molecule has 0 aliphatic carbocycles. The van der Waals surface area contributed by atoms with Gasteiger partial charge in [-0.3, -0.25) is 4.79 Å². The van der Waals surface area contributed by atoms with Gasteiger partial charge in [0, 0.05) is 12.0 Å². The van der Waals surface area contributed by atoms with Crippen LogP contribution in [0.1, 0.15) is 15.9 Å². The lowest BCUT2D eigenvalue weighted by Gasteiger charge is -2.06. The van der Waals surface area contributed by atoms with Crippen LogP contribution in [0, 0.1) is 0 Å². The van der Waals surface area contributed by atoms with E-state index in [9.17, 15) is 4.79 Å². The number of allylic oxidation sites excluding steroid dienone is 1. The van der Waals surface area contributed by atoms with E-state index in [1.54, 1.807) is 31.4 Å². The quantitative estimate of drug-likeness (QED) is 0.599. The number of methoxy groups -OCH3 is 1. The van der Waals surface area contributed by atoms with Crippen molar-refractivity contribution in [1.29, 1.82) is 0 Å². The second-order valence-electron chi connectivity index (χ2n) is 4.32. The van der Waals surface area contributed by atoms with Crippen molar-refractivity contribution in [3.63, 3.8) is 0 Å². The fourth-order valence-electron chi connectivity index (χ4n) is 1.87. The molecule has 0 spiro atoms. The van der Waals surface area contributed by atoms with Gasteiger partial charge in [-0.2, -0.15) is 0 Å². The largest absolute Gasteiger partial charge is 0.497 e. The number of rotatable bonds is 5. The Bertz CT molecular complexity index is 568. The summed E-state index contributed by atoms with van der Waals surface area (Å²) >= 11 is 0. The lowest BCUT2D eigenvalue weighted by molar-refractivity contribution is 0.103. The molecular formula is C17H16O2. The van der Waals surface area contributed by atoms with Crippen molar-refractivity contribution in [3.8, 4) is 5.75 Å². The summed E-state index contributed by atoms with van der Waals surface area (Å²) in [6.07, 6.45) is 0.575. The average Bonchev–Trinajstić information content (AvgIpc) is 2.47. The summed E-state index contributed by atoms with van der Waals surface area (Å²) in [5.74, 6) is 0.719. The molecule has 19 heavy (non-hydrogen) atoms. The standard InChI is InChI=1S/C17H16O2/c1-13(12-14-6-4-3-5-7-14)17(18)15-8-10-16(19-2)11-9-15/h3-11H,1,12H2,2H3. The highest BCUT2D eigenvalue weighted by Gasteiger charge is 2.10. The third-order valence-electron chi connectivity index (χ3n) is 2.93. The molecule has 0 aliphatic rings. The molecule has 0 saturated carbocycles. The molecule has 0 unspecified atom stereocenters. The molecule has 2 heteroatoms. The van der Waals surface area contributed by atoms with Crippen LogP contribution in [0.25, 0.3) is 0 Å². The number of hydrogen-bond acceptors (Lipinski definition) is 2. The van der Waals surface area contributed by atoms with Gasteiger partial charge in [-0.05, 0) is 35.4 Å². The molecule has 2 nitrogen and oxygen atoms in total. The predicted molar refractivity (Wildman–Crippen MR) is 76.6 cm³/mol. The van der Waals surface area contributed by atoms with Crippen molar-refractivity contribution in [2.75, 3.05) is 7.11 Å². The van der Waals surface area contributed by atoms with Gasteiger partial charge >= 0.3 is 0 Å². The summed E-state index contributed by atoms with van der Waals surface area (Å²) < 4.78 is 5.07. The van der Waals surface area contributed by atoms with Gasteiger partial charge in [-0.15, -0.1) is 0 Å². The van der Waals surface area contributed by atoms with Gasteiger partial charge in [0.25, 0.3) is 0 Å². The van der Waals surface area contributed by atoms with E-state index in [0.29, 0.717) is 17.6 Å². The monoisotopic (exact) mass is 252 g/mol. The van der Waals surface area contributed by atoms with Crippen LogP contribution in [0.2, 0.25) is 0 Å². The summed E-state index contributed by atoms with van der Waals surface area (Å²) in [6.45, 7) is 3.89. The zero-order chi connectivity index (χ0) is 13.7. The minimum atomic E-state index is -0.0218. The number of carbonyl (C=O) groups excluding carboxylic acids is 1. The van der Waals surface area contributed by atoms with Crippen LogP contribution in [0.15, 0.2) is 66.7 Å². The highest BCUT2D eigenvalue weighted by Crippen LogP contribution is 2.16. The molecule has 0 saturated heterocycles. The van der Waals surface area contributed by atoms with Gasteiger partial charge in [0.15, 0.2) is 5.78 Å². The van der Waals surface area contributed by atoms with Gasteiger partial charge in [0.05, 0.1) is 7.11 Å². The zero-order valence-corrected chi connectivity index (χ0v) is 10.9. The van der Waals surface area contributed by atoms with E-state index in [2.05, 4.69) is 6.58 Å². The van der Waals surface area contributed by atoms with Crippen molar-refractivity contribution in [2.45, 2.75) is 6.42 Å². The molecule has 0 fully saturated rings. The van der Waals surface area contributed by atoms with E-state index in [4.69, 9.17) is 4.74 Å². The van der Waals surface area contributed by atoms with Gasteiger partial charge in [-0.1, -0.05) is 36.9 Å². The molecule has 96 valence electrons. The predicted octanol–water partition coefficient (Wildman–Crippen LogP) is 3.68. The number of Topliss-reactive ketones (excluding diaryl/α,β-unsaturated/α-hetero) is 1. The fraction of sp³-hybridized carbons (Fsp3) is 0.118. The first-order chi connectivity index (χ1) is 9.20. The van der Waals surface area contributed by atoms with Crippen molar-refractivity contribution >= 4 is 5.78 Å². The molecule has 0 heterocycles. The Morgan fingerprint density at radius 3 is 2.26 bits per heavy atom. The van der Waals surface area contributed by atoms with E-state index in [1.807, 2.05) is 30.3 Å². The molecule has 0 radical (unpaired) electrons. The van der Waals surface area contributed by atoms with Crippen LogP contribution in [0.4, 0.5) is 0 Å². The van der Waals surface area contributed by atoms with Crippen LogP contribution in [0.5, 0.6) is 5.75 Å². The maximum absolute atomic E-state index is 12.2. The molecule has 0 aliphatic heterocycles. The van der Waals surface area contributed by atoms with Gasteiger partial charge < -0.3 is 4.74 Å². The Kier molecular flexibility index (Phi) is 4.14. The number of ether oxygens (including phenoxy) is 1. The van der Waals surface area contributed by atoms with E-state index >= 15 is 0 Å². The number of benzene rings is 2. The maximum Gasteiger partial charge on any atom is 0.188 e. The first kappa shape index (κ1) is 13.1. The second kappa shape index (κ2) is 6.01. The highest BCUT2D eigenvalue weighted by molar-refractivity contribution is 6.08. The zero-order valence-electron chi connectivity index (χ0n) is 10.9. The molecule has 2 rings (SSSR count). The van der Waals surface area contributed by atoms with Gasteiger partial charge in [0.1, 0.15) is 5.75 Å². The van der Waals surface area contributed by atoms with E-state index in [-0.39, 0.29) is 5.78 Å². The first-order valence-electron chi connectivity index (χ1n) is 6.11. The van der Waals surface area contributed by atoms with Crippen LogP contribution in [-0.4, -0.2) is 12.9 Å². The van der Waals surface area contributed by atoms with Crippen molar-refractivity contribution in [3.05, 3.63) is 77.9 Å². The normalized spacial score (nSPS) is 9.95. The molecule has 0 N–H and O–H groups in total. The van der Waals surface area contributed by atoms with Gasteiger partial charge in [-0.25, -0.2) is 0 Å². The van der Waals surface area contributed by atoms with E-state index in [1.165, 1.54) is 0 Å². The number of ketones is 1. The maximum atomic E-state index is 12.2. The minimum absolute atomic E-state index is 0.0218. The lowest BCUT2D eigenvalue weighted by atomic mass is 9.98. The smallest absolute Gasteiger partial charge is 0.188 e. The third kappa shape index (κ3) is 3.32. The summed E-state index contributed by atoms with van der Waals surface area (Å²) in [6, 6.07) is 16.9. The first-order valence-corrected chi connectivity index (χ1v) is 6.11. The Labute approximate surface area is 113 Å².